The highest BCUT2D eigenvalue weighted by molar-refractivity contribution is 5.66. The van der Waals surface area contributed by atoms with Gasteiger partial charge in [-0.05, 0) is 24.6 Å². The van der Waals surface area contributed by atoms with Crippen LogP contribution in [-0.2, 0) is 13.2 Å². The summed E-state index contributed by atoms with van der Waals surface area (Å²) in [5.74, 6) is 1.35. The lowest BCUT2D eigenvalue weighted by molar-refractivity contribution is 0.113. The van der Waals surface area contributed by atoms with Gasteiger partial charge in [-0.15, -0.1) is 0 Å². The zero-order chi connectivity index (χ0) is 16.2. The number of benzene rings is 2. The quantitative estimate of drug-likeness (QED) is 0.942. The van der Waals surface area contributed by atoms with E-state index in [2.05, 4.69) is 0 Å². The molecule has 2 aromatic carbocycles. The molecule has 1 aliphatic rings. The van der Waals surface area contributed by atoms with Crippen molar-refractivity contribution >= 4 is 6.09 Å². The number of amides is 1. The van der Waals surface area contributed by atoms with Crippen LogP contribution in [0.4, 0.5) is 4.79 Å². The normalized spacial score (nSPS) is 16.9. The van der Waals surface area contributed by atoms with Gasteiger partial charge in [-0.25, -0.2) is 4.79 Å². The van der Waals surface area contributed by atoms with Crippen LogP contribution in [0.1, 0.15) is 18.1 Å². The van der Waals surface area contributed by atoms with Crippen LogP contribution in [0.2, 0.25) is 0 Å². The van der Waals surface area contributed by atoms with E-state index in [1.54, 1.807) is 0 Å². The smallest absolute Gasteiger partial charge is 0.407 e. The fourth-order valence-electron chi connectivity index (χ4n) is 2.59. The van der Waals surface area contributed by atoms with E-state index in [1.807, 2.05) is 55.5 Å². The minimum absolute atomic E-state index is 0.207. The van der Waals surface area contributed by atoms with Crippen molar-refractivity contribution in [3.05, 3.63) is 59.7 Å². The van der Waals surface area contributed by atoms with E-state index in [4.69, 9.17) is 9.47 Å². The molecule has 0 bridgehead atoms. The summed E-state index contributed by atoms with van der Waals surface area (Å²) in [5.41, 5.74) is 1.83. The predicted molar refractivity (Wildman–Crippen MR) is 85.7 cm³/mol. The molecule has 0 saturated carbocycles. The van der Waals surface area contributed by atoms with Gasteiger partial charge in [-0.1, -0.05) is 36.4 Å². The van der Waals surface area contributed by atoms with Crippen molar-refractivity contribution in [3.63, 3.8) is 0 Å². The molecule has 0 aromatic heterocycles. The average Bonchev–Trinajstić information content (AvgIpc) is 2.73. The lowest BCUT2D eigenvalue weighted by Gasteiger charge is -2.23. The van der Waals surface area contributed by atoms with Crippen molar-refractivity contribution in [2.45, 2.75) is 26.1 Å². The molecular formula is C18H19NO4. The third-order valence-corrected chi connectivity index (χ3v) is 3.91. The van der Waals surface area contributed by atoms with E-state index in [9.17, 15) is 9.90 Å². The second-order valence-corrected chi connectivity index (χ2v) is 5.58. The SMILES string of the molecule is C[C@H]1COc2cccc(OCc3ccccc3)c2CN1C(=O)O. The molecule has 5 heteroatoms. The maximum Gasteiger partial charge on any atom is 0.407 e. The summed E-state index contributed by atoms with van der Waals surface area (Å²) in [7, 11) is 0. The molecule has 1 aliphatic heterocycles. The second-order valence-electron chi connectivity index (χ2n) is 5.58. The molecule has 1 amide bonds. The number of carbonyl (C=O) groups is 1. The third kappa shape index (κ3) is 3.39. The van der Waals surface area contributed by atoms with E-state index in [0.29, 0.717) is 24.7 Å². The minimum Gasteiger partial charge on any atom is -0.491 e. The van der Waals surface area contributed by atoms with Gasteiger partial charge in [0.25, 0.3) is 0 Å². The Kier molecular flexibility index (Phi) is 4.37. The Morgan fingerprint density at radius 2 is 2.04 bits per heavy atom. The molecule has 1 heterocycles. The monoisotopic (exact) mass is 313 g/mol. The maximum atomic E-state index is 11.4. The van der Waals surface area contributed by atoms with Gasteiger partial charge in [0.15, 0.2) is 0 Å². The van der Waals surface area contributed by atoms with Gasteiger partial charge in [0.2, 0.25) is 0 Å². The summed E-state index contributed by atoms with van der Waals surface area (Å²) >= 11 is 0. The van der Waals surface area contributed by atoms with E-state index >= 15 is 0 Å². The average molecular weight is 313 g/mol. The Bertz CT molecular complexity index is 687. The summed E-state index contributed by atoms with van der Waals surface area (Å²) in [6, 6.07) is 15.2. The largest absolute Gasteiger partial charge is 0.491 e. The lowest BCUT2D eigenvalue weighted by atomic mass is 10.1. The first-order valence-corrected chi connectivity index (χ1v) is 7.56. The lowest BCUT2D eigenvalue weighted by Crippen LogP contribution is -2.38. The maximum absolute atomic E-state index is 11.4. The molecule has 0 radical (unpaired) electrons. The fourth-order valence-corrected chi connectivity index (χ4v) is 2.59. The number of hydrogen-bond acceptors (Lipinski definition) is 3. The molecule has 2 aromatic rings. The van der Waals surface area contributed by atoms with Gasteiger partial charge in [-0.2, -0.15) is 0 Å². The van der Waals surface area contributed by atoms with Crippen LogP contribution in [0.5, 0.6) is 11.5 Å². The van der Waals surface area contributed by atoms with Gasteiger partial charge >= 0.3 is 6.09 Å². The molecule has 0 fully saturated rings. The van der Waals surface area contributed by atoms with Crippen molar-refractivity contribution in [2.75, 3.05) is 6.61 Å². The molecule has 1 atom stereocenters. The highest BCUT2D eigenvalue weighted by Crippen LogP contribution is 2.33. The van der Waals surface area contributed by atoms with E-state index in [0.717, 1.165) is 11.1 Å². The third-order valence-electron chi connectivity index (χ3n) is 3.91. The molecule has 5 nitrogen and oxygen atoms in total. The second kappa shape index (κ2) is 6.60. The Morgan fingerprint density at radius 1 is 1.26 bits per heavy atom. The molecule has 0 unspecified atom stereocenters. The van der Waals surface area contributed by atoms with Crippen LogP contribution in [0.25, 0.3) is 0 Å². The molecule has 3 rings (SSSR count). The van der Waals surface area contributed by atoms with Gasteiger partial charge in [0.05, 0.1) is 18.2 Å². The highest BCUT2D eigenvalue weighted by atomic mass is 16.5. The topological polar surface area (TPSA) is 59.0 Å². The molecule has 0 aliphatic carbocycles. The highest BCUT2D eigenvalue weighted by Gasteiger charge is 2.27. The summed E-state index contributed by atoms with van der Waals surface area (Å²) in [6.45, 7) is 2.86. The molecule has 23 heavy (non-hydrogen) atoms. The number of nitrogens with zero attached hydrogens (tertiary/aromatic N) is 1. The van der Waals surface area contributed by atoms with Gasteiger partial charge in [-0.3, -0.25) is 4.90 Å². The van der Waals surface area contributed by atoms with E-state index in [-0.39, 0.29) is 12.6 Å². The van der Waals surface area contributed by atoms with Crippen molar-refractivity contribution in [1.82, 2.24) is 4.90 Å². The molecule has 120 valence electrons. The van der Waals surface area contributed by atoms with Crippen LogP contribution in [-0.4, -0.2) is 28.7 Å². The first-order valence-electron chi connectivity index (χ1n) is 7.56. The number of ether oxygens (including phenoxy) is 2. The summed E-state index contributed by atoms with van der Waals surface area (Å²) in [6.07, 6.45) is -0.952. The summed E-state index contributed by atoms with van der Waals surface area (Å²) < 4.78 is 11.7. The Balaban J connectivity index is 1.84. The molecular weight excluding hydrogens is 294 g/mol. The molecule has 0 saturated heterocycles. The fraction of sp³-hybridized carbons (Fsp3) is 0.278. The van der Waals surface area contributed by atoms with Crippen LogP contribution >= 0.6 is 0 Å². The summed E-state index contributed by atoms with van der Waals surface area (Å²) in [4.78, 5) is 12.8. The number of hydrogen-bond donors (Lipinski definition) is 1. The van der Waals surface area contributed by atoms with Crippen LogP contribution in [0.15, 0.2) is 48.5 Å². The zero-order valence-corrected chi connectivity index (χ0v) is 12.9. The molecule has 0 spiro atoms. The van der Waals surface area contributed by atoms with Crippen molar-refractivity contribution in [3.8, 4) is 11.5 Å². The van der Waals surface area contributed by atoms with Crippen LogP contribution in [0.3, 0.4) is 0 Å². The first kappa shape index (κ1) is 15.2. The van der Waals surface area contributed by atoms with Crippen LogP contribution < -0.4 is 9.47 Å². The van der Waals surface area contributed by atoms with Gasteiger partial charge in [0, 0.05) is 0 Å². The van der Waals surface area contributed by atoms with E-state index < -0.39 is 6.09 Å². The number of fused-ring (bicyclic) bond motifs is 1. The van der Waals surface area contributed by atoms with Gasteiger partial charge in [0.1, 0.15) is 24.7 Å². The Hall–Kier alpha value is -2.69. The Morgan fingerprint density at radius 3 is 2.78 bits per heavy atom. The Labute approximate surface area is 135 Å². The van der Waals surface area contributed by atoms with Crippen molar-refractivity contribution in [2.24, 2.45) is 0 Å². The standard InChI is InChI=1S/C18H19NO4/c1-13-11-22-16-8-5-9-17(15(16)10-19(13)18(20)21)23-12-14-6-3-2-4-7-14/h2-9,13H,10-12H2,1H3,(H,20,21)/t13-/m0/s1. The van der Waals surface area contributed by atoms with Crippen LogP contribution in [0, 0.1) is 0 Å². The van der Waals surface area contributed by atoms with Crippen molar-refractivity contribution in [1.29, 1.82) is 0 Å². The zero-order valence-electron chi connectivity index (χ0n) is 12.9. The van der Waals surface area contributed by atoms with E-state index in [1.165, 1.54) is 4.90 Å². The predicted octanol–water partition coefficient (Wildman–Crippen LogP) is 3.53. The van der Waals surface area contributed by atoms with Crippen molar-refractivity contribution < 1.29 is 19.4 Å². The number of rotatable bonds is 3. The minimum atomic E-state index is -0.952. The van der Waals surface area contributed by atoms with Gasteiger partial charge < -0.3 is 14.6 Å². The summed E-state index contributed by atoms with van der Waals surface area (Å²) in [5, 5.41) is 9.39. The number of carboxylic acid groups (broad SMARTS) is 1. The molecule has 1 N–H and O–H groups in total. The first-order chi connectivity index (χ1) is 11.1.